The Balaban J connectivity index is 1.52. The number of para-hydroxylation sites is 1. The number of nitrogens with one attached hydrogen (secondary N) is 1. The van der Waals surface area contributed by atoms with E-state index in [0.29, 0.717) is 21.4 Å². The molecule has 1 heterocycles. The SMILES string of the molecule is O=C1NC(=O)N(c2ccccc2Cl)C(=O)/C1=C/c1ccc(OCc2ccc(Cl)cc2Cl)cc1. The number of anilines is 1. The molecule has 1 N–H and O–H groups in total. The highest BCUT2D eigenvalue weighted by atomic mass is 35.5. The first-order chi connectivity index (χ1) is 15.8. The lowest BCUT2D eigenvalue weighted by atomic mass is 10.1. The van der Waals surface area contributed by atoms with Crippen molar-refractivity contribution >= 4 is 64.4 Å². The topological polar surface area (TPSA) is 75.7 Å². The highest BCUT2D eigenvalue weighted by molar-refractivity contribution is 6.42. The van der Waals surface area contributed by atoms with Gasteiger partial charge in [0.15, 0.2) is 0 Å². The third kappa shape index (κ3) is 5.03. The summed E-state index contributed by atoms with van der Waals surface area (Å²) in [6.07, 6.45) is 1.40. The summed E-state index contributed by atoms with van der Waals surface area (Å²) in [5.41, 5.74) is 1.33. The van der Waals surface area contributed by atoms with Crippen molar-refractivity contribution in [3.8, 4) is 5.75 Å². The third-order valence-corrected chi connectivity index (χ3v) is 5.70. The average Bonchev–Trinajstić information content (AvgIpc) is 2.78. The maximum Gasteiger partial charge on any atom is 0.335 e. The van der Waals surface area contributed by atoms with Crippen LogP contribution >= 0.6 is 34.8 Å². The van der Waals surface area contributed by atoms with E-state index in [0.717, 1.165) is 10.5 Å². The Hall–Kier alpha value is -3.32. The second kappa shape index (κ2) is 9.67. The number of benzene rings is 3. The fraction of sp³-hybridized carbons (Fsp3) is 0.0417. The molecule has 0 aromatic heterocycles. The van der Waals surface area contributed by atoms with Crippen molar-refractivity contribution in [2.45, 2.75) is 6.61 Å². The molecule has 0 atom stereocenters. The molecule has 3 aromatic carbocycles. The van der Waals surface area contributed by atoms with Crippen molar-refractivity contribution in [1.82, 2.24) is 5.32 Å². The molecule has 33 heavy (non-hydrogen) atoms. The number of nitrogens with zero attached hydrogens (tertiary/aromatic N) is 1. The maximum absolute atomic E-state index is 13.0. The largest absolute Gasteiger partial charge is 0.489 e. The Kier molecular flexibility index (Phi) is 6.70. The summed E-state index contributed by atoms with van der Waals surface area (Å²) in [5.74, 6) is -0.990. The molecule has 4 rings (SSSR count). The number of halogens is 3. The van der Waals surface area contributed by atoms with E-state index in [-0.39, 0.29) is 22.9 Å². The first-order valence-corrected chi connectivity index (χ1v) is 10.8. The number of ether oxygens (including phenoxy) is 1. The Bertz CT molecular complexity index is 1290. The van der Waals surface area contributed by atoms with Gasteiger partial charge in [0, 0.05) is 15.6 Å². The van der Waals surface area contributed by atoms with Crippen LogP contribution in [0.15, 0.2) is 72.3 Å². The lowest BCUT2D eigenvalue weighted by Crippen LogP contribution is -2.54. The van der Waals surface area contributed by atoms with Crippen LogP contribution in [0.4, 0.5) is 10.5 Å². The quantitative estimate of drug-likeness (QED) is 0.349. The first-order valence-electron chi connectivity index (χ1n) is 9.66. The van der Waals surface area contributed by atoms with Crippen LogP contribution in [0.5, 0.6) is 5.75 Å². The number of hydrogen-bond acceptors (Lipinski definition) is 4. The molecule has 9 heteroatoms. The normalized spacial score (nSPS) is 15.1. The summed E-state index contributed by atoms with van der Waals surface area (Å²) in [5, 5.41) is 3.42. The number of hydrogen-bond donors (Lipinski definition) is 1. The number of imide groups is 2. The summed E-state index contributed by atoms with van der Waals surface area (Å²) >= 11 is 18.2. The van der Waals surface area contributed by atoms with Crippen molar-refractivity contribution in [1.29, 1.82) is 0 Å². The van der Waals surface area contributed by atoms with Crippen LogP contribution < -0.4 is 15.0 Å². The Morgan fingerprint density at radius 1 is 0.879 bits per heavy atom. The minimum atomic E-state index is -0.861. The van der Waals surface area contributed by atoms with E-state index in [9.17, 15) is 14.4 Å². The van der Waals surface area contributed by atoms with Gasteiger partial charge in [-0.05, 0) is 48.0 Å². The summed E-state index contributed by atoms with van der Waals surface area (Å²) < 4.78 is 5.74. The van der Waals surface area contributed by atoms with Crippen LogP contribution in [0.25, 0.3) is 6.08 Å². The van der Waals surface area contributed by atoms with E-state index in [1.807, 2.05) is 0 Å². The van der Waals surface area contributed by atoms with Crippen LogP contribution in [0, 0.1) is 0 Å². The predicted octanol–water partition coefficient (Wildman–Crippen LogP) is 5.89. The molecule has 3 aromatic rings. The number of carbonyl (C=O) groups excluding carboxylic acids is 3. The van der Waals surface area contributed by atoms with E-state index in [1.165, 1.54) is 12.1 Å². The number of barbiturate groups is 1. The van der Waals surface area contributed by atoms with Gasteiger partial charge in [0.2, 0.25) is 0 Å². The molecule has 1 saturated heterocycles. The van der Waals surface area contributed by atoms with Crippen molar-refractivity contribution in [3.05, 3.63) is 98.5 Å². The average molecular weight is 502 g/mol. The standard InChI is InChI=1S/C24H15Cl3N2O4/c25-16-8-7-15(20(27)12-16)13-33-17-9-5-14(6-10-17)11-18-22(30)28-24(32)29(23(18)31)21-4-2-1-3-19(21)26/h1-12H,13H2,(H,28,30,32)/b18-11+. The molecule has 1 aliphatic heterocycles. The second-order valence-electron chi connectivity index (χ2n) is 7.00. The van der Waals surface area contributed by atoms with Gasteiger partial charge < -0.3 is 4.74 Å². The molecule has 166 valence electrons. The zero-order valence-electron chi connectivity index (χ0n) is 16.8. The van der Waals surface area contributed by atoms with Gasteiger partial charge in [-0.1, -0.05) is 65.1 Å². The minimum Gasteiger partial charge on any atom is -0.489 e. The van der Waals surface area contributed by atoms with E-state index in [4.69, 9.17) is 39.5 Å². The smallest absolute Gasteiger partial charge is 0.335 e. The van der Waals surface area contributed by atoms with Crippen LogP contribution in [0.1, 0.15) is 11.1 Å². The minimum absolute atomic E-state index is 0.185. The molecule has 0 bridgehead atoms. The molecule has 0 radical (unpaired) electrons. The van der Waals surface area contributed by atoms with Crippen LogP contribution in [0.2, 0.25) is 15.1 Å². The molecule has 1 fully saturated rings. The predicted molar refractivity (Wildman–Crippen MR) is 128 cm³/mol. The number of urea groups is 1. The van der Waals surface area contributed by atoms with E-state index in [2.05, 4.69) is 5.32 Å². The highest BCUT2D eigenvalue weighted by Gasteiger charge is 2.37. The van der Waals surface area contributed by atoms with Gasteiger partial charge in [0.1, 0.15) is 17.9 Å². The fourth-order valence-corrected chi connectivity index (χ4v) is 3.82. The number of carbonyl (C=O) groups is 3. The van der Waals surface area contributed by atoms with Crippen LogP contribution in [0.3, 0.4) is 0 Å². The van der Waals surface area contributed by atoms with Gasteiger partial charge in [0.25, 0.3) is 11.8 Å². The molecule has 6 nitrogen and oxygen atoms in total. The molecule has 0 aliphatic carbocycles. The van der Waals surface area contributed by atoms with Crippen LogP contribution in [-0.4, -0.2) is 17.8 Å². The number of rotatable bonds is 5. The fourth-order valence-electron chi connectivity index (χ4n) is 3.14. The van der Waals surface area contributed by atoms with Crippen molar-refractivity contribution in [2.75, 3.05) is 4.90 Å². The van der Waals surface area contributed by atoms with Crippen molar-refractivity contribution < 1.29 is 19.1 Å². The lowest BCUT2D eigenvalue weighted by molar-refractivity contribution is -0.122. The van der Waals surface area contributed by atoms with Gasteiger partial charge in [0.05, 0.1) is 10.7 Å². The second-order valence-corrected chi connectivity index (χ2v) is 8.25. The van der Waals surface area contributed by atoms with Gasteiger partial charge in [-0.2, -0.15) is 0 Å². The van der Waals surface area contributed by atoms with Gasteiger partial charge in [-0.15, -0.1) is 0 Å². The molecular formula is C24H15Cl3N2O4. The molecule has 0 spiro atoms. The lowest BCUT2D eigenvalue weighted by Gasteiger charge is -2.27. The van der Waals surface area contributed by atoms with Gasteiger partial charge >= 0.3 is 6.03 Å². The zero-order valence-corrected chi connectivity index (χ0v) is 19.1. The van der Waals surface area contributed by atoms with Gasteiger partial charge in [-0.3, -0.25) is 14.9 Å². The molecule has 0 unspecified atom stereocenters. The monoisotopic (exact) mass is 500 g/mol. The van der Waals surface area contributed by atoms with Crippen molar-refractivity contribution in [3.63, 3.8) is 0 Å². The first kappa shape index (κ1) is 22.9. The summed E-state index contributed by atoms with van der Waals surface area (Å²) in [6, 6.07) is 17.4. The summed E-state index contributed by atoms with van der Waals surface area (Å²) in [7, 11) is 0. The summed E-state index contributed by atoms with van der Waals surface area (Å²) in [6.45, 7) is 0.242. The molecular weight excluding hydrogens is 487 g/mol. The molecule has 0 saturated carbocycles. The van der Waals surface area contributed by atoms with Crippen LogP contribution in [-0.2, 0) is 16.2 Å². The number of amides is 4. The molecule has 1 aliphatic rings. The van der Waals surface area contributed by atoms with Gasteiger partial charge in [-0.25, -0.2) is 9.69 Å². The zero-order chi connectivity index (χ0) is 23.5. The van der Waals surface area contributed by atoms with E-state index in [1.54, 1.807) is 60.7 Å². The highest BCUT2D eigenvalue weighted by Crippen LogP contribution is 2.29. The van der Waals surface area contributed by atoms with Crippen molar-refractivity contribution in [2.24, 2.45) is 0 Å². The molecule has 4 amide bonds. The van der Waals surface area contributed by atoms with E-state index >= 15 is 0 Å². The third-order valence-electron chi connectivity index (χ3n) is 4.80. The maximum atomic E-state index is 13.0. The van der Waals surface area contributed by atoms with E-state index < -0.39 is 17.8 Å². The summed E-state index contributed by atoms with van der Waals surface area (Å²) in [4.78, 5) is 38.4. The Morgan fingerprint density at radius 3 is 2.30 bits per heavy atom. The Labute approximate surface area is 204 Å². The Morgan fingerprint density at radius 2 is 1.61 bits per heavy atom.